The maximum absolute atomic E-state index is 5.90. The van der Waals surface area contributed by atoms with E-state index >= 15 is 0 Å². The van der Waals surface area contributed by atoms with Gasteiger partial charge in [-0.25, -0.2) is 5.43 Å². The van der Waals surface area contributed by atoms with Gasteiger partial charge in [0.05, 0.1) is 5.69 Å². The number of hydrazine groups is 1. The van der Waals surface area contributed by atoms with Crippen molar-refractivity contribution >= 4 is 42.8 Å². The number of halogens is 2. The fourth-order valence-corrected chi connectivity index (χ4v) is 3.48. The third kappa shape index (κ3) is 2.89. The Morgan fingerprint density at radius 2 is 2.05 bits per heavy atom. The van der Waals surface area contributed by atoms with Gasteiger partial charge in [-0.1, -0.05) is 11.6 Å². The van der Waals surface area contributed by atoms with Crippen LogP contribution in [-0.2, 0) is 0 Å². The van der Waals surface area contributed by atoms with Crippen molar-refractivity contribution in [1.82, 2.24) is 10.4 Å². The summed E-state index contributed by atoms with van der Waals surface area (Å²) in [7, 11) is 0. The number of nitrogens with zero attached hydrogens (tertiary/aromatic N) is 1. The van der Waals surface area contributed by atoms with E-state index in [9.17, 15) is 0 Å². The third-order valence-electron chi connectivity index (χ3n) is 3.25. The van der Waals surface area contributed by atoms with Gasteiger partial charge in [0, 0.05) is 20.5 Å². The van der Waals surface area contributed by atoms with Crippen molar-refractivity contribution in [3.05, 3.63) is 62.5 Å². The molecule has 21 heavy (non-hydrogen) atoms. The summed E-state index contributed by atoms with van der Waals surface area (Å²) in [5, 5.41) is 1.05. The van der Waals surface area contributed by atoms with Crippen molar-refractivity contribution in [1.29, 1.82) is 0 Å². The summed E-state index contributed by atoms with van der Waals surface area (Å²) in [6.45, 7) is 2.05. The molecule has 1 unspecified atom stereocenters. The number of nitrogens with two attached hydrogens (primary N) is 1. The van der Waals surface area contributed by atoms with Gasteiger partial charge in [0.15, 0.2) is 0 Å². The van der Waals surface area contributed by atoms with Gasteiger partial charge < -0.3 is 4.42 Å². The van der Waals surface area contributed by atoms with Crippen LogP contribution in [0.25, 0.3) is 11.0 Å². The number of aryl methyl sites for hydroxylation is 1. The lowest BCUT2D eigenvalue weighted by Gasteiger charge is -2.14. The minimum absolute atomic E-state index is 0.319. The molecule has 3 N–H and O–H groups in total. The van der Waals surface area contributed by atoms with Gasteiger partial charge in [0.1, 0.15) is 17.4 Å². The first-order chi connectivity index (χ1) is 10.1. The largest absolute Gasteiger partial charge is 0.459 e. The standard InChI is InChI=1S/C15H13Br2N3O/c1-8-2-3-12-9(4-8)5-13(21-12)15(20-18)14-11(17)6-10(16)7-19-14/h2-7,15,20H,18H2,1H3. The lowest BCUT2D eigenvalue weighted by Crippen LogP contribution is -2.29. The highest BCUT2D eigenvalue weighted by Gasteiger charge is 2.21. The highest BCUT2D eigenvalue weighted by Crippen LogP contribution is 2.31. The predicted octanol–water partition coefficient (Wildman–Crippen LogP) is 4.21. The van der Waals surface area contributed by atoms with Crippen LogP contribution in [0.3, 0.4) is 0 Å². The summed E-state index contributed by atoms with van der Waals surface area (Å²) in [6.07, 6.45) is 1.73. The van der Waals surface area contributed by atoms with Crippen LogP contribution in [0, 0.1) is 6.92 Å². The highest BCUT2D eigenvalue weighted by molar-refractivity contribution is 9.11. The number of nitrogens with one attached hydrogen (secondary N) is 1. The average molecular weight is 411 g/mol. The van der Waals surface area contributed by atoms with E-state index in [2.05, 4.69) is 55.3 Å². The molecule has 2 aromatic heterocycles. The molecule has 3 aromatic rings. The fourth-order valence-electron chi connectivity index (χ4n) is 2.26. The second-order valence-corrected chi connectivity index (χ2v) is 6.58. The lowest BCUT2D eigenvalue weighted by atomic mass is 10.1. The van der Waals surface area contributed by atoms with Crippen molar-refractivity contribution in [2.24, 2.45) is 5.84 Å². The van der Waals surface area contributed by atoms with Crippen molar-refractivity contribution in [3.8, 4) is 0 Å². The Morgan fingerprint density at radius 1 is 1.24 bits per heavy atom. The number of hydrogen-bond donors (Lipinski definition) is 2. The summed E-state index contributed by atoms with van der Waals surface area (Å²) in [5.74, 6) is 6.44. The molecule has 0 aliphatic heterocycles. The van der Waals surface area contributed by atoms with Gasteiger partial charge in [0.2, 0.25) is 0 Å². The Labute approximate surface area is 139 Å². The van der Waals surface area contributed by atoms with E-state index in [1.165, 1.54) is 5.56 Å². The van der Waals surface area contributed by atoms with Crippen molar-refractivity contribution < 1.29 is 4.42 Å². The number of hydrogen-bond acceptors (Lipinski definition) is 4. The Hall–Kier alpha value is -1.21. The number of furan rings is 1. The van der Waals surface area contributed by atoms with Gasteiger partial charge in [-0.3, -0.25) is 10.8 Å². The fraction of sp³-hybridized carbons (Fsp3) is 0.133. The van der Waals surface area contributed by atoms with Crippen LogP contribution in [0.4, 0.5) is 0 Å². The predicted molar refractivity (Wildman–Crippen MR) is 89.8 cm³/mol. The third-order valence-corrected chi connectivity index (χ3v) is 4.32. The number of fused-ring (bicyclic) bond motifs is 1. The summed E-state index contributed by atoms with van der Waals surface area (Å²) in [4.78, 5) is 4.42. The van der Waals surface area contributed by atoms with Gasteiger partial charge in [-0.2, -0.15) is 0 Å². The molecule has 3 rings (SSSR count). The molecule has 0 fully saturated rings. The van der Waals surface area contributed by atoms with Crippen LogP contribution in [0.2, 0.25) is 0 Å². The van der Waals surface area contributed by atoms with Crippen LogP contribution in [-0.4, -0.2) is 4.98 Å². The van der Waals surface area contributed by atoms with E-state index < -0.39 is 0 Å². The zero-order valence-corrected chi connectivity index (χ0v) is 14.4. The quantitative estimate of drug-likeness (QED) is 0.501. The minimum atomic E-state index is -0.319. The minimum Gasteiger partial charge on any atom is -0.459 e. The van der Waals surface area contributed by atoms with E-state index in [1.54, 1.807) is 6.20 Å². The average Bonchev–Trinajstić information content (AvgIpc) is 2.84. The van der Waals surface area contributed by atoms with Crippen molar-refractivity contribution in [3.63, 3.8) is 0 Å². The normalized spacial score (nSPS) is 12.8. The second kappa shape index (κ2) is 5.88. The zero-order valence-electron chi connectivity index (χ0n) is 11.2. The Balaban J connectivity index is 2.09. The maximum Gasteiger partial charge on any atom is 0.134 e. The molecular formula is C15H13Br2N3O. The van der Waals surface area contributed by atoms with E-state index in [4.69, 9.17) is 10.3 Å². The van der Waals surface area contributed by atoms with Crippen LogP contribution in [0.15, 0.2) is 49.9 Å². The van der Waals surface area contributed by atoms with Gasteiger partial charge in [-0.15, -0.1) is 0 Å². The van der Waals surface area contributed by atoms with Crippen LogP contribution < -0.4 is 11.3 Å². The molecule has 0 aliphatic rings. The van der Waals surface area contributed by atoms with E-state index in [1.807, 2.05) is 24.3 Å². The van der Waals surface area contributed by atoms with Crippen molar-refractivity contribution in [2.45, 2.75) is 13.0 Å². The second-order valence-electron chi connectivity index (χ2n) is 4.81. The molecule has 108 valence electrons. The number of aromatic nitrogens is 1. The van der Waals surface area contributed by atoms with Gasteiger partial charge in [-0.05, 0) is 63.0 Å². The first kappa shape index (κ1) is 14.7. The topological polar surface area (TPSA) is 64.1 Å². The number of pyridine rings is 1. The van der Waals surface area contributed by atoms with Crippen molar-refractivity contribution in [2.75, 3.05) is 0 Å². The highest BCUT2D eigenvalue weighted by atomic mass is 79.9. The molecule has 0 spiro atoms. The first-order valence-electron chi connectivity index (χ1n) is 6.35. The molecule has 0 amide bonds. The molecule has 0 saturated carbocycles. The molecule has 4 nitrogen and oxygen atoms in total. The molecule has 2 heterocycles. The summed E-state index contributed by atoms with van der Waals surface area (Å²) in [6, 6.07) is 9.67. The van der Waals surface area contributed by atoms with E-state index in [-0.39, 0.29) is 6.04 Å². The molecule has 6 heteroatoms. The van der Waals surface area contributed by atoms with E-state index in [0.29, 0.717) is 0 Å². The Bertz CT molecular complexity index is 801. The smallest absolute Gasteiger partial charge is 0.134 e. The Kier molecular flexibility index (Phi) is 4.12. The maximum atomic E-state index is 5.90. The molecule has 1 atom stereocenters. The number of benzene rings is 1. The summed E-state index contributed by atoms with van der Waals surface area (Å²) in [5.41, 5.74) is 5.57. The zero-order chi connectivity index (χ0) is 15.0. The molecule has 0 aliphatic carbocycles. The summed E-state index contributed by atoms with van der Waals surface area (Å²) < 4.78 is 7.66. The molecular weight excluding hydrogens is 398 g/mol. The first-order valence-corrected chi connectivity index (χ1v) is 7.94. The van der Waals surface area contributed by atoms with Crippen LogP contribution in [0.5, 0.6) is 0 Å². The Morgan fingerprint density at radius 3 is 2.76 bits per heavy atom. The molecule has 1 aromatic carbocycles. The molecule has 0 bridgehead atoms. The van der Waals surface area contributed by atoms with E-state index in [0.717, 1.165) is 31.4 Å². The SMILES string of the molecule is Cc1ccc2oc(C(NN)c3ncc(Br)cc3Br)cc2c1. The number of rotatable bonds is 3. The molecule has 0 saturated heterocycles. The van der Waals surface area contributed by atoms with Crippen LogP contribution >= 0.6 is 31.9 Å². The molecule has 0 radical (unpaired) electrons. The van der Waals surface area contributed by atoms with Gasteiger partial charge in [0.25, 0.3) is 0 Å². The summed E-state index contributed by atoms with van der Waals surface area (Å²) >= 11 is 6.90. The monoisotopic (exact) mass is 409 g/mol. The van der Waals surface area contributed by atoms with Gasteiger partial charge >= 0.3 is 0 Å². The van der Waals surface area contributed by atoms with Crippen LogP contribution in [0.1, 0.15) is 23.1 Å². The lowest BCUT2D eigenvalue weighted by molar-refractivity contribution is 0.470.